The summed E-state index contributed by atoms with van der Waals surface area (Å²) in [6, 6.07) is 9.58. The number of nitrogens with zero attached hydrogens (tertiary/aromatic N) is 5. The molecule has 2 aliphatic heterocycles. The van der Waals surface area contributed by atoms with Gasteiger partial charge in [0.2, 0.25) is 5.91 Å². The molecule has 0 bridgehead atoms. The monoisotopic (exact) mass is 818 g/mol. The highest BCUT2D eigenvalue weighted by molar-refractivity contribution is 6.00. The third kappa shape index (κ3) is 9.67. The number of hydrogen-bond acceptors (Lipinski definition) is 12. The summed E-state index contributed by atoms with van der Waals surface area (Å²) in [7, 11) is 6.05. The summed E-state index contributed by atoms with van der Waals surface area (Å²) in [5.41, 5.74) is 25.5. The number of aromatic nitrogens is 4. The van der Waals surface area contributed by atoms with Crippen LogP contribution in [-0.2, 0) is 4.79 Å². The van der Waals surface area contributed by atoms with E-state index in [4.69, 9.17) is 32.4 Å². The Hall–Kier alpha value is -7.77. The molecule has 2 aliphatic rings. The fourth-order valence-corrected chi connectivity index (χ4v) is 6.62. The van der Waals surface area contributed by atoms with Crippen LogP contribution in [0.2, 0.25) is 0 Å². The maximum absolute atomic E-state index is 12.1. The van der Waals surface area contributed by atoms with Crippen molar-refractivity contribution in [2.24, 2.45) is 11.5 Å². The largest absolute Gasteiger partial charge is 0.497 e. The number of anilines is 2. The van der Waals surface area contributed by atoms with Crippen molar-refractivity contribution in [3.8, 4) is 35.2 Å². The number of nitrogen functional groups attached to an aromatic ring is 2. The van der Waals surface area contributed by atoms with E-state index in [9.17, 15) is 24.0 Å². The molecule has 60 heavy (non-hydrogen) atoms. The standard InChI is InChI=1S/C22H24N6O4.C19H22N6O3/c1-4-18(29)27-8-7-15(12-27)28-20(23)19(21(24)30)17(26-28)6-5-13-9-14(22(31)25-2)11-16(10-13)32-3;1-22-19(27)12-7-11(8-14(9-12)28-2)3-4-15-16(18(21)26)17(20)25(24-15)13-5-6-23-10-13/h4,9-11,15H,1,7-8,12,23H2,2-3H3,(H2,24,30)(H,25,31);7-9,13,23H,5-6,10,20H2,1-2H3,(H2,21,26)(H,22,27)/t15-;13-/m00/s1. The average molecular weight is 819 g/mol. The predicted octanol–water partition coefficient (Wildman–Crippen LogP) is 0.158. The van der Waals surface area contributed by atoms with Gasteiger partial charge >= 0.3 is 0 Å². The number of nitrogens with one attached hydrogen (secondary N) is 3. The Morgan fingerprint density at radius 3 is 1.65 bits per heavy atom. The Morgan fingerprint density at radius 1 is 0.767 bits per heavy atom. The molecule has 19 nitrogen and oxygen atoms in total. The molecular formula is C41H46N12O7. The topological polar surface area (TPSA) is 283 Å². The number of carbonyl (C=O) groups excluding carboxylic acids is 5. The van der Waals surface area contributed by atoms with Crippen molar-refractivity contribution in [1.29, 1.82) is 0 Å². The molecular weight excluding hydrogens is 773 g/mol. The normalized spacial score (nSPS) is 15.2. The number of primary amides is 2. The third-order valence-electron chi connectivity index (χ3n) is 9.68. The van der Waals surface area contributed by atoms with Crippen molar-refractivity contribution in [3.05, 3.63) is 93.8 Å². The Morgan fingerprint density at radius 2 is 1.25 bits per heavy atom. The lowest BCUT2D eigenvalue weighted by molar-refractivity contribution is -0.125. The van der Waals surface area contributed by atoms with Gasteiger partial charge in [-0.05, 0) is 73.7 Å². The van der Waals surface area contributed by atoms with Gasteiger partial charge in [-0.2, -0.15) is 10.2 Å². The molecule has 11 N–H and O–H groups in total. The quantitative estimate of drug-likeness (QED) is 0.0879. The summed E-state index contributed by atoms with van der Waals surface area (Å²) < 4.78 is 13.5. The van der Waals surface area contributed by atoms with E-state index in [1.54, 1.807) is 53.0 Å². The number of carbonyl (C=O) groups is 5. The molecule has 2 aromatic carbocycles. The summed E-state index contributed by atoms with van der Waals surface area (Å²) in [5, 5.41) is 17.1. The van der Waals surface area contributed by atoms with E-state index in [0.29, 0.717) is 59.8 Å². The van der Waals surface area contributed by atoms with E-state index in [2.05, 4.69) is 56.4 Å². The van der Waals surface area contributed by atoms with Gasteiger partial charge in [-0.1, -0.05) is 18.4 Å². The second-order valence-corrected chi connectivity index (χ2v) is 13.5. The molecule has 6 rings (SSSR count). The van der Waals surface area contributed by atoms with Crippen LogP contribution in [0.1, 0.15) is 88.9 Å². The molecule has 4 heterocycles. The van der Waals surface area contributed by atoms with Crippen LogP contribution in [0.4, 0.5) is 11.6 Å². The van der Waals surface area contributed by atoms with Crippen LogP contribution in [-0.4, -0.2) is 108 Å². The van der Waals surface area contributed by atoms with E-state index in [1.165, 1.54) is 32.0 Å². The van der Waals surface area contributed by atoms with Crippen molar-refractivity contribution in [1.82, 2.24) is 40.4 Å². The summed E-state index contributed by atoms with van der Waals surface area (Å²) in [6.45, 7) is 5.96. The molecule has 19 heteroatoms. The molecule has 2 aromatic heterocycles. The second kappa shape index (κ2) is 19.1. The molecule has 5 amide bonds. The Bertz CT molecular complexity index is 2480. The van der Waals surface area contributed by atoms with Crippen LogP contribution in [0, 0.1) is 23.7 Å². The molecule has 0 saturated carbocycles. The van der Waals surface area contributed by atoms with Crippen LogP contribution in [0.5, 0.6) is 11.5 Å². The predicted molar refractivity (Wildman–Crippen MR) is 222 cm³/mol. The van der Waals surface area contributed by atoms with Crippen molar-refractivity contribution in [3.63, 3.8) is 0 Å². The Labute approximate surface area is 345 Å². The summed E-state index contributed by atoms with van der Waals surface area (Å²) >= 11 is 0. The zero-order chi connectivity index (χ0) is 43.7. The lowest BCUT2D eigenvalue weighted by atomic mass is 10.1. The fraction of sp³-hybridized carbons (Fsp3) is 0.293. The van der Waals surface area contributed by atoms with Crippen LogP contribution in [0.3, 0.4) is 0 Å². The molecule has 2 fully saturated rings. The van der Waals surface area contributed by atoms with Gasteiger partial charge in [0.15, 0.2) is 11.4 Å². The molecule has 0 spiro atoms. The van der Waals surface area contributed by atoms with Gasteiger partial charge in [-0.25, -0.2) is 9.36 Å². The number of nitrogens with two attached hydrogens (primary N) is 4. The number of hydrogen-bond donors (Lipinski definition) is 7. The van der Waals surface area contributed by atoms with E-state index in [1.807, 2.05) is 0 Å². The van der Waals surface area contributed by atoms with Gasteiger partial charge in [-0.15, -0.1) is 0 Å². The number of benzene rings is 2. The number of ether oxygens (including phenoxy) is 2. The minimum Gasteiger partial charge on any atom is -0.497 e. The molecule has 312 valence electrons. The minimum absolute atomic E-state index is 0.0143. The smallest absolute Gasteiger partial charge is 0.255 e. The molecule has 2 atom stereocenters. The Balaban J connectivity index is 0.000000230. The third-order valence-corrected chi connectivity index (χ3v) is 9.68. The Kier molecular flexibility index (Phi) is 13.8. The summed E-state index contributed by atoms with van der Waals surface area (Å²) in [6.07, 6.45) is 2.71. The molecule has 4 aromatic rings. The highest BCUT2D eigenvalue weighted by atomic mass is 16.5. The highest BCUT2D eigenvalue weighted by Gasteiger charge is 2.31. The first-order valence-corrected chi connectivity index (χ1v) is 18.6. The highest BCUT2D eigenvalue weighted by Crippen LogP contribution is 2.28. The van der Waals surface area contributed by atoms with Gasteiger partial charge in [-0.3, -0.25) is 24.0 Å². The van der Waals surface area contributed by atoms with Gasteiger partial charge in [0.05, 0.1) is 26.3 Å². The molecule has 0 radical (unpaired) electrons. The van der Waals surface area contributed by atoms with Crippen molar-refractivity contribution in [2.75, 3.05) is 66.0 Å². The lowest BCUT2D eigenvalue weighted by Gasteiger charge is -2.15. The van der Waals surface area contributed by atoms with Gasteiger partial charge in [0.25, 0.3) is 23.6 Å². The van der Waals surface area contributed by atoms with Crippen molar-refractivity contribution in [2.45, 2.75) is 24.9 Å². The molecule has 0 aliphatic carbocycles. The fourth-order valence-electron chi connectivity index (χ4n) is 6.62. The number of methoxy groups -OCH3 is 2. The van der Waals surface area contributed by atoms with E-state index >= 15 is 0 Å². The average Bonchev–Trinajstić information content (AvgIpc) is 4.08. The van der Waals surface area contributed by atoms with Crippen LogP contribution < -0.4 is 48.4 Å². The van der Waals surface area contributed by atoms with Crippen molar-refractivity contribution >= 4 is 41.2 Å². The second-order valence-electron chi connectivity index (χ2n) is 13.5. The van der Waals surface area contributed by atoms with Gasteiger partial charge < -0.3 is 53.3 Å². The summed E-state index contributed by atoms with van der Waals surface area (Å²) in [4.78, 5) is 61.4. The first-order valence-electron chi connectivity index (χ1n) is 18.6. The van der Waals surface area contributed by atoms with Crippen molar-refractivity contribution < 1.29 is 33.4 Å². The first-order chi connectivity index (χ1) is 28.7. The first kappa shape index (κ1) is 43.4. The SMILES string of the molecule is C=CC(=O)N1CC[C@H](n2nc(C#Cc3cc(OC)cc(C(=O)NC)c3)c(C(N)=O)c2N)C1.CNC(=O)c1cc(C#Cc2nn([C@H]3CCNC3)c(N)c2C(N)=O)cc(OC)c1. The van der Waals surface area contributed by atoms with Crippen LogP contribution in [0.15, 0.2) is 49.1 Å². The number of likely N-dealkylation sites (tertiary alicyclic amines) is 1. The van der Waals surface area contributed by atoms with E-state index < -0.39 is 11.8 Å². The van der Waals surface area contributed by atoms with Crippen LogP contribution >= 0.6 is 0 Å². The summed E-state index contributed by atoms with van der Waals surface area (Å²) in [5.74, 6) is 10.6. The molecule has 0 unspecified atom stereocenters. The van der Waals surface area contributed by atoms with Crippen LogP contribution in [0.25, 0.3) is 0 Å². The zero-order valence-electron chi connectivity index (χ0n) is 33.5. The number of amides is 5. The maximum atomic E-state index is 12.1. The molecule has 2 saturated heterocycles. The minimum atomic E-state index is -0.758. The lowest BCUT2D eigenvalue weighted by Crippen LogP contribution is -2.27. The van der Waals surface area contributed by atoms with Gasteiger partial charge in [0, 0.05) is 56.0 Å². The van der Waals surface area contributed by atoms with E-state index in [0.717, 1.165) is 13.0 Å². The van der Waals surface area contributed by atoms with E-state index in [-0.39, 0.29) is 64.0 Å². The zero-order valence-corrected chi connectivity index (χ0v) is 33.5. The number of rotatable bonds is 9. The van der Waals surface area contributed by atoms with Gasteiger partial charge in [0.1, 0.15) is 34.3 Å². The maximum Gasteiger partial charge on any atom is 0.255 e.